The van der Waals surface area contributed by atoms with Gasteiger partial charge in [-0.2, -0.15) is 0 Å². The fraction of sp³-hybridized carbons (Fsp3) is 0.417. The lowest BCUT2D eigenvalue weighted by Gasteiger charge is -2.13. The Labute approximate surface area is 95.0 Å². The third-order valence-corrected chi connectivity index (χ3v) is 2.02. The summed E-state index contributed by atoms with van der Waals surface area (Å²) in [6.45, 7) is 3.55. The number of benzene rings is 1. The van der Waals surface area contributed by atoms with Gasteiger partial charge in [0.1, 0.15) is 11.8 Å². The first-order valence-corrected chi connectivity index (χ1v) is 5.23. The zero-order valence-corrected chi connectivity index (χ0v) is 9.51. The Morgan fingerprint density at radius 2 is 2.19 bits per heavy atom. The van der Waals surface area contributed by atoms with Crippen molar-refractivity contribution in [3.8, 4) is 5.75 Å². The van der Waals surface area contributed by atoms with Crippen LogP contribution in [0.25, 0.3) is 0 Å². The average molecular weight is 223 g/mol. The zero-order valence-electron chi connectivity index (χ0n) is 9.51. The fourth-order valence-electron chi connectivity index (χ4n) is 1.34. The van der Waals surface area contributed by atoms with E-state index in [0.29, 0.717) is 6.42 Å². The molecule has 16 heavy (non-hydrogen) atoms. The Morgan fingerprint density at radius 1 is 1.50 bits per heavy atom. The molecule has 1 atom stereocenters. The molecule has 0 heterocycles. The van der Waals surface area contributed by atoms with E-state index in [1.165, 1.54) is 0 Å². The first kappa shape index (κ1) is 12.5. The summed E-state index contributed by atoms with van der Waals surface area (Å²) >= 11 is 0. The average Bonchev–Trinajstić information content (AvgIpc) is 2.16. The zero-order chi connectivity index (χ0) is 12.1. The van der Waals surface area contributed by atoms with Gasteiger partial charge in [0.25, 0.3) is 0 Å². The van der Waals surface area contributed by atoms with Crippen molar-refractivity contribution >= 4 is 5.97 Å². The molecule has 0 fully saturated rings. The van der Waals surface area contributed by atoms with Crippen LogP contribution >= 0.6 is 0 Å². The van der Waals surface area contributed by atoms with Gasteiger partial charge in [-0.3, -0.25) is 4.79 Å². The van der Waals surface area contributed by atoms with Crippen molar-refractivity contribution in [2.75, 3.05) is 0 Å². The molecule has 4 heteroatoms. The molecule has 0 aliphatic rings. The van der Waals surface area contributed by atoms with Crippen LogP contribution < -0.4 is 5.73 Å². The smallest absolute Gasteiger partial charge is 0.323 e. The lowest BCUT2D eigenvalue weighted by molar-refractivity contribution is -0.148. The van der Waals surface area contributed by atoms with Crippen molar-refractivity contribution < 1.29 is 14.6 Å². The van der Waals surface area contributed by atoms with E-state index in [1.54, 1.807) is 32.0 Å². The summed E-state index contributed by atoms with van der Waals surface area (Å²) in [5.74, 6) is -0.250. The second-order valence-corrected chi connectivity index (χ2v) is 3.97. The Bertz CT molecular complexity index is 363. The predicted molar refractivity (Wildman–Crippen MR) is 61.0 cm³/mol. The van der Waals surface area contributed by atoms with Crippen molar-refractivity contribution in [3.05, 3.63) is 29.8 Å². The van der Waals surface area contributed by atoms with Gasteiger partial charge in [0.15, 0.2) is 0 Å². The fourth-order valence-corrected chi connectivity index (χ4v) is 1.34. The monoisotopic (exact) mass is 223 g/mol. The lowest BCUT2D eigenvalue weighted by Crippen LogP contribution is -2.35. The van der Waals surface area contributed by atoms with Crippen LogP contribution in [-0.2, 0) is 16.0 Å². The van der Waals surface area contributed by atoms with Crippen LogP contribution in [-0.4, -0.2) is 23.2 Å². The van der Waals surface area contributed by atoms with E-state index in [2.05, 4.69) is 0 Å². The summed E-state index contributed by atoms with van der Waals surface area (Å²) in [7, 11) is 0. The number of nitrogens with two attached hydrogens (primary N) is 1. The van der Waals surface area contributed by atoms with Crippen LogP contribution in [0.2, 0.25) is 0 Å². The van der Waals surface area contributed by atoms with E-state index in [-0.39, 0.29) is 11.9 Å². The van der Waals surface area contributed by atoms with Gasteiger partial charge >= 0.3 is 5.97 Å². The number of phenolic OH excluding ortho intramolecular Hbond substituents is 1. The third kappa shape index (κ3) is 3.90. The Hall–Kier alpha value is -1.55. The SMILES string of the molecule is CC(C)OC(=O)C(N)Cc1cccc(O)c1. The Balaban J connectivity index is 2.57. The highest BCUT2D eigenvalue weighted by molar-refractivity contribution is 5.76. The van der Waals surface area contributed by atoms with Crippen molar-refractivity contribution in [1.82, 2.24) is 0 Å². The number of aromatic hydroxyl groups is 1. The van der Waals surface area contributed by atoms with E-state index in [9.17, 15) is 9.90 Å². The highest BCUT2D eigenvalue weighted by Crippen LogP contribution is 2.12. The van der Waals surface area contributed by atoms with Gasteiger partial charge in [-0.05, 0) is 38.0 Å². The minimum absolute atomic E-state index is 0.164. The normalized spacial score (nSPS) is 12.5. The molecule has 0 amide bonds. The topological polar surface area (TPSA) is 72.5 Å². The molecule has 0 aliphatic heterocycles. The van der Waals surface area contributed by atoms with Gasteiger partial charge in [0, 0.05) is 0 Å². The lowest BCUT2D eigenvalue weighted by atomic mass is 10.1. The second-order valence-electron chi connectivity index (χ2n) is 3.97. The maximum absolute atomic E-state index is 11.4. The molecule has 0 radical (unpaired) electrons. The van der Waals surface area contributed by atoms with Crippen LogP contribution in [0.4, 0.5) is 0 Å². The molecular formula is C12H17NO3. The highest BCUT2D eigenvalue weighted by Gasteiger charge is 2.16. The van der Waals surface area contributed by atoms with Crippen molar-refractivity contribution in [1.29, 1.82) is 0 Å². The summed E-state index contributed by atoms with van der Waals surface area (Å²) in [6, 6.07) is 5.99. The van der Waals surface area contributed by atoms with Gasteiger partial charge in [-0.1, -0.05) is 12.1 Å². The van der Waals surface area contributed by atoms with Crippen molar-refractivity contribution in [2.45, 2.75) is 32.4 Å². The molecule has 1 rings (SSSR count). The minimum atomic E-state index is -0.691. The van der Waals surface area contributed by atoms with E-state index in [1.807, 2.05) is 6.07 Å². The second kappa shape index (κ2) is 5.51. The molecule has 1 unspecified atom stereocenters. The molecule has 0 saturated heterocycles. The number of esters is 1. The summed E-state index contributed by atoms with van der Waals surface area (Å²) in [5, 5.41) is 9.25. The maximum atomic E-state index is 11.4. The molecule has 1 aromatic carbocycles. The number of rotatable bonds is 4. The molecule has 0 aromatic heterocycles. The molecule has 0 bridgehead atoms. The number of hydrogen-bond acceptors (Lipinski definition) is 4. The van der Waals surface area contributed by atoms with Crippen LogP contribution in [0.3, 0.4) is 0 Å². The van der Waals surface area contributed by atoms with Crippen LogP contribution in [0.15, 0.2) is 24.3 Å². The van der Waals surface area contributed by atoms with E-state index >= 15 is 0 Å². The Morgan fingerprint density at radius 3 is 2.75 bits per heavy atom. The maximum Gasteiger partial charge on any atom is 0.323 e. The van der Waals surface area contributed by atoms with Gasteiger partial charge in [-0.25, -0.2) is 0 Å². The predicted octanol–water partition coefficient (Wildman–Crippen LogP) is 1.21. The van der Waals surface area contributed by atoms with E-state index < -0.39 is 12.0 Å². The molecule has 88 valence electrons. The van der Waals surface area contributed by atoms with E-state index in [0.717, 1.165) is 5.56 Å². The summed E-state index contributed by atoms with van der Waals surface area (Å²) in [4.78, 5) is 11.4. The first-order valence-electron chi connectivity index (χ1n) is 5.23. The quantitative estimate of drug-likeness (QED) is 0.753. The van der Waals surface area contributed by atoms with Crippen molar-refractivity contribution in [3.63, 3.8) is 0 Å². The molecular weight excluding hydrogens is 206 g/mol. The molecule has 3 N–H and O–H groups in total. The van der Waals surface area contributed by atoms with E-state index in [4.69, 9.17) is 10.5 Å². The molecule has 0 aliphatic carbocycles. The molecule has 0 spiro atoms. The summed E-state index contributed by atoms with van der Waals surface area (Å²) < 4.78 is 4.99. The van der Waals surface area contributed by atoms with Gasteiger partial charge in [0.2, 0.25) is 0 Å². The Kier molecular flexibility index (Phi) is 4.31. The number of ether oxygens (including phenoxy) is 1. The minimum Gasteiger partial charge on any atom is -0.508 e. The third-order valence-electron chi connectivity index (χ3n) is 2.02. The van der Waals surface area contributed by atoms with Crippen LogP contribution in [0.1, 0.15) is 19.4 Å². The van der Waals surface area contributed by atoms with Crippen molar-refractivity contribution in [2.24, 2.45) is 5.73 Å². The van der Waals surface area contributed by atoms with Gasteiger partial charge in [0.05, 0.1) is 6.10 Å². The highest BCUT2D eigenvalue weighted by atomic mass is 16.5. The summed E-state index contributed by atoms with van der Waals surface area (Å²) in [6.07, 6.45) is 0.197. The largest absolute Gasteiger partial charge is 0.508 e. The first-order chi connectivity index (χ1) is 7.49. The standard InChI is InChI=1S/C12H17NO3/c1-8(2)16-12(15)11(13)7-9-4-3-5-10(14)6-9/h3-6,8,11,14H,7,13H2,1-2H3. The number of carbonyl (C=O) groups excluding carboxylic acids is 1. The van der Waals surface area contributed by atoms with Gasteiger partial charge < -0.3 is 15.6 Å². The number of carbonyl (C=O) groups is 1. The number of phenols is 1. The molecule has 0 saturated carbocycles. The molecule has 4 nitrogen and oxygen atoms in total. The van der Waals surface area contributed by atoms with Crippen LogP contribution in [0, 0.1) is 0 Å². The number of hydrogen-bond donors (Lipinski definition) is 2. The summed E-state index contributed by atoms with van der Waals surface area (Å²) in [5.41, 5.74) is 6.50. The van der Waals surface area contributed by atoms with Gasteiger partial charge in [-0.15, -0.1) is 0 Å². The molecule has 1 aromatic rings. The van der Waals surface area contributed by atoms with Crippen LogP contribution in [0.5, 0.6) is 5.75 Å².